The quantitative estimate of drug-likeness (QED) is 0.849. The van der Waals surface area contributed by atoms with Gasteiger partial charge in [0.25, 0.3) is 0 Å². The molecular formula is C10H12BrF2NO2S. The summed E-state index contributed by atoms with van der Waals surface area (Å²) >= 11 is 2.78. The van der Waals surface area contributed by atoms with Gasteiger partial charge in [0.15, 0.2) is 0 Å². The minimum atomic E-state index is -4.07. The lowest BCUT2D eigenvalue weighted by molar-refractivity contribution is 0.484. The van der Waals surface area contributed by atoms with E-state index in [2.05, 4.69) is 20.7 Å². The van der Waals surface area contributed by atoms with Gasteiger partial charge in [0.05, 0.1) is 4.47 Å². The SMILES string of the molecule is CC(C)(C)NS(=O)(=O)c1cc(F)c(Br)cc1F. The molecule has 3 nitrogen and oxygen atoms in total. The summed E-state index contributed by atoms with van der Waals surface area (Å²) in [5.41, 5.74) is -0.769. The van der Waals surface area contributed by atoms with Crippen molar-refractivity contribution in [1.82, 2.24) is 4.72 Å². The van der Waals surface area contributed by atoms with Crippen LogP contribution >= 0.6 is 15.9 Å². The van der Waals surface area contributed by atoms with Gasteiger partial charge in [0, 0.05) is 5.54 Å². The molecule has 1 aromatic rings. The molecule has 0 amide bonds. The maximum atomic E-state index is 13.5. The van der Waals surface area contributed by atoms with E-state index in [0.717, 1.165) is 6.07 Å². The van der Waals surface area contributed by atoms with E-state index in [1.54, 1.807) is 20.8 Å². The molecule has 0 atom stereocenters. The van der Waals surface area contributed by atoms with E-state index in [1.807, 2.05) is 0 Å². The molecule has 0 radical (unpaired) electrons. The van der Waals surface area contributed by atoms with Crippen molar-refractivity contribution in [2.45, 2.75) is 31.2 Å². The molecule has 0 saturated heterocycles. The third kappa shape index (κ3) is 3.72. The number of hydrogen-bond acceptors (Lipinski definition) is 2. The maximum absolute atomic E-state index is 13.5. The summed E-state index contributed by atoms with van der Waals surface area (Å²) in [4.78, 5) is -0.701. The number of hydrogen-bond donors (Lipinski definition) is 1. The summed E-state index contributed by atoms with van der Waals surface area (Å²) in [6.45, 7) is 4.83. The van der Waals surface area contributed by atoms with Gasteiger partial charge < -0.3 is 0 Å². The fraction of sp³-hybridized carbons (Fsp3) is 0.400. The number of halogens is 3. The second-order valence-corrected chi connectivity index (χ2v) is 7.06. The third-order valence-corrected chi connectivity index (χ3v) is 4.09. The van der Waals surface area contributed by atoms with Gasteiger partial charge >= 0.3 is 0 Å². The van der Waals surface area contributed by atoms with Crippen molar-refractivity contribution in [1.29, 1.82) is 0 Å². The van der Waals surface area contributed by atoms with Crippen LogP contribution in [0, 0.1) is 11.6 Å². The lowest BCUT2D eigenvalue weighted by atomic mass is 10.1. The van der Waals surface area contributed by atoms with E-state index in [4.69, 9.17) is 0 Å². The van der Waals surface area contributed by atoms with E-state index >= 15 is 0 Å². The van der Waals surface area contributed by atoms with Crippen molar-refractivity contribution in [3.05, 3.63) is 28.2 Å². The van der Waals surface area contributed by atoms with Gasteiger partial charge in [-0.3, -0.25) is 0 Å². The van der Waals surface area contributed by atoms with Crippen molar-refractivity contribution in [2.75, 3.05) is 0 Å². The van der Waals surface area contributed by atoms with Gasteiger partial charge in [-0.25, -0.2) is 21.9 Å². The standard InChI is InChI=1S/C10H12BrF2NO2S/c1-10(2,3)14-17(15,16)9-5-7(12)6(11)4-8(9)13/h4-5,14H,1-3H3. The third-order valence-electron chi connectivity index (χ3n) is 1.70. The van der Waals surface area contributed by atoms with Gasteiger partial charge in [0.2, 0.25) is 10.0 Å². The molecule has 0 unspecified atom stereocenters. The minimum Gasteiger partial charge on any atom is -0.207 e. The zero-order valence-electron chi connectivity index (χ0n) is 9.51. The van der Waals surface area contributed by atoms with Crippen LogP contribution in [0.3, 0.4) is 0 Å². The molecular weight excluding hydrogens is 316 g/mol. The van der Waals surface area contributed by atoms with Crippen molar-refractivity contribution >= 4 is 26.0 Å². The summed E-state index contributed by atoms with van der Waals surface area (Å²) in [5, 5.41) is 0. The largest absolute Gasteiger partial charge is 0.244 e. The van der Waals surface area contributed by atoms with Crippen LogP contribution in [0.1, 0.15) is 20.8 Å². The van der Waals surface area contributed by atoms with Gasteiger partial charge in [-0.15, -0.1) is 0 Å². The molecule has 17 heavy (non-hydrogen) atoms. The van der Waals surface area contributed by atoms with Gasteiger partial charge in [-0.1, -0.05) is 0 Å². The molecule has 0 bridgehead atoms. The first-order valence-electron chi connectivity index (χ1n) is 4.71. The molecule has 0 aliphatic carbocycles. The molecule has 1 N–H and O–H groups in total. The highest BCUT2D eigenvalue weighted by Crippen LogP contribution is 2.23. The smallest absolute Gasteiger partial charge is 0.207 e. The topological polar surface area (TPSA) is 46.2 Å². The van der Waals surface area contributed by atoms with E-state index < -0.39 is 32.1 Å². The first-order chi connectivity index (χ1) is 7.53. The Morgan fingerprint density at radius 2 is 1.71 bits per heavy atom. The Hall–Kier alpha value is -0.530. The van der Waals surface area contributed by atoms with Gasteiger partial charge in [-0.2, -0.15) is 0 Å². The Balaban J connectivity index is 3.30. The van der Waals surface area contributed by atoms with Crippen LogP contribution in [0.2, 0.25) is 0 Å². The minimum absolute atomic E-state index is 0.121. The predicted molar refractivity (Wildman–Crippen MR) is 64.1 cm³/mol. The van der Waals surface area contributed by atoms with E-state index in [0.29, 0.717) is 6.07 Å². The number of benzene rings is 1. The Morgan fingerprint density at radius 3 is 2.18 bits per heavy atom. The second kappa shape index (κ2) is 4.62. The van der Waals surface area contributed by atoms with E-state index in [9.17, 15) is 17.2 Å². The van der Waals surface area contributed by atoms with Crippen LogP contribution in [0.25, 0.3) is 0 Å². The van der Waals surface area contributed by atoms with Crippen LogP contribution < -0.4 is 4.72 Å². The Kier molecular flexibility index (Phi) is 3.95. The van der Waals surface area contributed by atoms with Gasteiger partial charge in [-0.05, 0) is 48.8 Å². The predicted octanol–water partition coefficient (Wildman–Crippen LogP) is 2.80. The fourth-order valence-corrected chi connectivity index (χ4v) is 2.97. The summed E-state index contributed by atoms with van der Waals surface area (Å²) < 4.78 is 52.4. The zero-order valence-corrected chi connectivity index (χ0v) is 11.9. The molecule has 0 aliphatic rings. The summed E-state index contributed by atoms with van der Waals surface area (Å²) in [7, 11) is -4.07. The number of nitrogens with one attached hydrogen (secondary N) is 1. The van der Waals surface area contributed by atoms with E-state index in [-0.39, 0.29) is 4.47 Å². The monoisotopic (exact) mass is 327 g/mol. The second-order valence-electron chi connectivity index (χ2n) is 4.55. The number of sulfonamides is 1. The van der Waals surface area contributed by atoms with Crippen LogP contribution in [-0.2, 0) is 10.0 Å². The van der Waals surface area contributed by atoms with Crippen molar-refractivity contribution < 1.29 is 17.2 Å². The van der Waals surface area contributed by atoms with Crippen LogP contribution in [-0.4, -0.2) is 14.0 Å². The molecule has 0 fully saturated rings. The lowest BCUT2D eigenvalue weighted by Crippen LogP contribution is -2.40. The Labute approximate surface area is 107 Å². The van der Waals surface area contributed by atoms with Crippen molar-refractivity contribution in [3.63, 3.8) is 0 Å². The molecule has 0 aromatic heterocycles. The molecule has 0 heterocycles. The van der Waals surface area contributed by atoms with Crippen LogP contribution in [0.4, 0.5) is 8.78 Å². The van der Waals surface area contributed by atoms with Crippen LogP contribution in [0.5, 0.6) is 0 Å². The zero-order chi connectivity index (χ0) is 13.4. The van der Waals surface area contributed by atoms with Crippen LogP contribution in [0.15, 0.2) is 21.5 Å². The molecule has 1 aromatic carbocycles. The highest BCUT2D eigenvalue weighted by molar-refractivity contribution is 9.10. The Morgan fingerprint density at radius 1 is 1.18 bits per heavy atom. The Bertz CT molecular complexity index is 538. The molecule has 96 valence electrons. The average Bonchev–Trinajstić information content (AvgIpc) is 2.06. The van der Waals surface area contributed by atoms with Gasteiger partial charge in [0.1, 0.15) is 16.5 Å². The van der Waals surface area contributed by atoms with Crippen molar-refractivity contribution in [3.8, 4) is 0 Å². The average molecular weight is 328 g/mol. The van der Waals surface area contributed by atoms with E-state index in [1.165, 1.54) is 0 Å². The maximum Gasteiger partial charge on any atom is 0.244 e. The number of rotatable bonds is 2. The normalized spacial score (nSPS) is 12.8. The molecule has 7 heteroatoms. The summed E-state index contributed by atoms with van der Waals surface area (Å²) in [6.07, 6.45) is 0. The summed E-state index contributed by atoms with van der Waals surface area (Å²) in [6, 6.07) is 1.43. The lowest BCUT2D eigenvalue weighted by Gasteiger charge is -2.20. The highest BCUT2D eigenvalue weighted by Gasteiger charge is 2.26. The molecule has 0 spiro atoms. The first kappa shape index (κ1) is 14.5. The highest BCUT2D eigenvalue weighted by atomic mass is 79.9. The fourth-order valence-electron chi connectivity index (χ4n) is 1.17. The molecule has 0 aliphatic heterocycles. The molecule has 0 saturated carbocycles. The molecule has 1 rings (SSSR count). The first-order valence-corrected chi connectivity index (χ1v) is 6.99. The van der Waals surface area contributed by atoms with Crippen molar-refractivity contribution in [2.24, 2.45) is 0 Å². The summed E-state index contributed by atoms with van der Waals surface area (Å²) in [5.74, 6) is -1.84.